The Balaban J connectivity index is 2.10. The maximum Gasteiger partial charge on any atom is 0.0443 e. The Hall–Kier alpha value is -1.64. The van der Waals surface area contributed by atoms with Gasteiger partial charge in [-0.1, -0.05) is 60.7 Å². The van der Waals surface area contributed by atoms with E-state index in [-0.39, 0.29) is 6.61 Å². The van der Waals surface area contributed by atoms with Gasteiger partial charge in [0.2, 0.25) is 0 Å². The molecule has 0 radical (unpaired) electrons. The summed E-state index contributed by atoms with van der Waals surface area (Å²) in [6.45, 7) is 4.29. The standard InChI is InChI=1S/C18H23NO/c1-16(18-11-6-3-7-12-18)19(13-8-14-20)15-17-9-4-2-5-10-17/h2-7,9-12,16,20H,8,13-15H2,1H3/t16-/m0/s1. The zero-order valence-electron chi connectivity index (χ0n) is 12.1. The highest BCUT2D eigenvalue weighted by molar-refractivity contribution is 5.20. The molecule has 0 saturated heterocycles. The van der Waals surface area contributed by atoms with E-state index in [0.717, 1.165) is 19.5 Å². The first kappa shape index (κ1) is 14.8. The third kappa shape index (κ3) is 4.19. The summed E-state index contributed by atoms with van der Waals surface area (Å²) < 4.78 is 0. The van der Waals surface area contributed by atoms with Crippen LogP contribution in [0.3, 0.4) is 0 Å². The van der Waals surface area contributed by atoms with Crippen LogP contribution in [0.1, 0.15) is 30.5 Å². The Kier molecular flexibility index (Phi) is 5.78. The van der Waals surface area contributed by atoms with Gasteiger partial charge in [-0.3, -0.25) is 4.90 Å². The van der Waals surface area contributed by atoms with Gasteiger partial charge in [-0.25, -0.2) is 0 Å². The molecule has 0 aliphatic carbocycles. The minimum Gasteiger partial charge on any atom is -0.396 e. The molecule has 0 heterocycles. The van der Waals surface area contributed by atoms with Crippen LogP contribution >= 0.6 is 0 Å². The van der Waals surface area contributed by atoms with E-state index in [9.17, 15) is 0 Å². The molecule has 0 unspecified atom stereocenters. The molecule has 0 fully saturated rings. The summed E-state index contributed by atoms with van der Waals surface area (Å²) in [5.41, 5.74) is 2.63. The molecule has 0 amide bonds. The topological polar surface area (TPSA) is 23.5 Å². The second kappa shape index (κ2) is 7.83. The lowest BCUT2D eigenvalue weighted by molar-refractivity contribution is 0.176. The monoisotopic (exact) mass is 269 g/mol. The second-order valence-electron chi connectivity index (χ2n) is 5.12. The number of nitrogens with zero attached hydrogens (tertiary/aromatic N) is 1. The average Bonchev–Trinajstić information content (AvgIpc) is 2.52. The van der Waals surface area contributed by atoms with Crippen LogP contribution in [0.5, 0.6) is 0 Å². The molecule has 0 aliphatic heterocycles. The molecular weight excluding hydrogens is 246 g/mol. The quantitative estimate of drug-likeness (QED) is 0.829. The van der Waals surface area contributed by atoms with Crippen LogP contribution in [0.4, 0.5) is 0 Å². The van der Waals surface area contributed by atoms with Crippen molar-refractivity contribution in [2.45, 2.75) is 25.9 Å². The van der Waals surface area contributed by atoms with Gasteiger partial charge >= 0.3 is 0 Å². The summed E-state index contributed by atoms with van der Waals surface area (Å²) in [6, 6.07) is 21.4. The van der Waals surface area contributed by atoms with Crippen molar-refractivity contribution in [3.8, 4) is 0 Å². The highest BCUT2D eigenvalue weighted by Crippen LogP contribution is 2.22. The van der Waals surface area contributed by atoms with Crippen LogP contribution in [-0.4, -0.2) is 23.2 Å². The summed E-state index contributed by atoms with van der Waals surface area (Å²) in [6.07, 6.45) is 0.810. The van der Waals surface area contributed by atoms with Crippen LogP contribution < -0.4 is 0 Å². The third-order valence-electron chi connectivity index (χ3n) is 3.66. The summed E-state index contributed by atoms with van der Waals surface area (Å²) in [7, 11) is 0. The van der Waals surface area contributed by atoms with E-state index in [1.165, 1.54) is 11.1 Å². The van der Waals surface area contributed by atoms with Crippen LogP contribution in [-0.2, 0) is 6.54 Å². The van der Waals surface area contributed by atoms with E-state index in [2.05, 4.69) is 60.4 Å². The van der Waals surface area contributed by atoms with E-state index in [4.69, 9.17) is 5.11 Å². The Morgan fingerprint density at radius 2 is 1.55 bits per heavy atom. The zero-order valence-corrected chi connectivity index (χ0v) is 12.1. The molecule has 1 atom stereocenters. The number of hydrogen-bond acceptors (Lipinski definition) is 2. The van der Waals surface area contributed by atoms with E-state index in [0.29, 0.717) is 6.04 Å². The van der Waals surface area contributed by atoms with E-state index < -0.39 is 0 Å². The fourth-order valence-corrected chi connectivity index (χ4v) is 2.44. The van der Waals surface area contributed by atoms with Gasteiger partial charge in [0.1, 0.15) is 0 Å². The van der Waals surface area contributed by atoms with E-state index in [1.807, 2.05) is 12.1 Å². The van der Waals surface area contributed by atoms with Gasteiger partial charge in [-0.2, -0.15) is 0 Å². The average molecular weight is 269 g/mol. The van der Waals surface area contributed by atoms with Crippen LogP contribution in [0.25, 0.3) is 0 Å². The van der Waals surface area contributed by atoms with Gasteiger partial charge < -0.3 is 5.11 Å². The van der Waals surface area contributed by atoms with Crippen molar-refractivity contribution in [3.05, 3.63) is 71.8 Å². The molecule has 2 heteroatoms. The SMILES string of the molecule is C[C@@H](c1ccccc1)N(CCCO)Cc1ccccc1. The Morgan fingerprint density at radius 1 is 0.950 bits per heavy atom. The van der Waals surface area contributed by atoms with E-state index in [1.54, 1.807) is 0 Å². The Labute approximate surface area is 121 Å². The highest BCUT2D eigenvalue weighted by Gasteiger charge is 2.15. The van der Waals surface area contributed by atoms with Crippen LogP contribution in [0.15, 0.2) is 60.7 Å². The smallest absolute Gasteiger partial charge is 0.0443 e. The molecule has 2 aromatic carbocycles. The van der Waals surface area contributed by atoms with Gasteiger partial charge in [-0.15, -0.1) is 0 Å². The maximum atomic E-state index is 9.11. The summed E-state index contributed by atoms with van der Waals surface area (Å²) in [5, 5.41) is 9.11. The number of aliphatic hydroxyl groups excluding tert-OH is 1. The molecule has 2 aromatic rings. The Morgan fingerprint density at radius 3 is 2.15 bits per heavy atom. The first-order valence-corrected chi connectivity index (χ1v) is 7.25. The second-order valence-corrected chi connectivity index (χ2v) is 5.12. The first-order valence-electron chi connectivity index (χ1n) is 7.25. The molecule has 0 saturated carbocycles. The molecule has 2 nitrogen and oxygen atoms in total. The number of hydrogen-bond donors (Lipinski definition) is 1. The molecule has 20 heavy (non-hydrogen) atoms. The van der Waals surface area contributed by atoms with Crippen molar-refractivity contribution in [1.29, 1.82) is 0 Å². The van der Waals surface area contributed by atoms with Gasteiger partial charge in [0.05, 0.1) is 0 Å². The van der Waals surface area contributed by atoms with E-state index >= 15 is 0 Å². The zero-order chi connectivity index (χ0) is 14.2. The van der Waals surface area contributed by atoms with Crippen LogP contribution in [0, 0.1) is 0 Å². The third-order valence-corrected chi connectivity index (χ3v) is 3.66. The van der Waals surface area contributed by atoms with Crippen molar-refractivity contribution in [2.24, 2.45) is 0 Å². The van der Waals surface area contributed by atoms with Gasteiger partial charge in [0.25, 0.3) is 0 Å². The lowest BCUT2D eigenvalue weighted by Crippen LogP contribution is -2.28. The fourth-order valence-electron chi connectivity index (χ4n) is 2.44. The van der Waals surface area contributed by atoms with Gasteiger partial charge in [0, 0.05) is 25.7 Å². The highest BCUT2D eigenvalue weighted by atomic mass is 16.3. The lowest BCUT2D eigenvalue weighted by atomic mass is 10.1. The van der Waals surface area contributed by atoms with Crippen molar-refractivity contribution < 1.29 is 5.11 Å². The predicted molar refractivity (Wildman–Crippen MR) is 83.4 cm³/mol. The number of rotatable bonds is 7. The van der Waals surface area contributed by atoms with Gasteiger partial charge in [-0.05, 0) is 24.5 Å². The molecule has 1 N–H and O–H groups in total. The Bertz CT molecular complexity index is 483. The molecule has 0 aromatic heterocycles. The molecule has 2 rings (SSSR count). The first-order chi connectivity index (χ1) is 9.81. The summed E-state index contributed by atoms with van der Waals surface area (Å²) in [4.78, 5) is 2.42. The molecule has 106 valence electrons. The number of aliphatic hydroxyl groups is 1. The predicted octanol–water partition coefficient (Wildman–Crippen LogP) is 3.63. The summed E-state index contributed by atoms with van der Waals surface area (Å²) in [5.74, 6) is 0. The van der Waals surface area contributed by atoms with Crippen molar-refractivity contribution in [1.82, 2.24) is 4.90 Å². The number of benzene rings is 2. The maximum absolute atomic E-state index is 9.11. The minimum atomic E-state index is 0.243. The molecular formula is C18H23NO. The summed E-state index contributed by atoms with van der Waals surface area (Å²) >= 11 is 0. The van der Waals surface area contributed by atoms with Crippen LogP contribution in [0.2, 0.25) is 0 Å². The normalized spacial score (nSPS) is 12.6. The molecule has 0 aliphatic rings. The largest absolute Gasteiger partial charge is 0.396 e. The van der Waals surface area contributed by atoms with Crippen molar-refractivity contribution in [3.63, 3.8) is 0 Å². The minimum absolute atomic E-state index is 0.243. The molecule has 0 bridgehead atoms. The van der Waals surface area contributed by atoms with Gasteiger partial charge in [0.15, 0.2) is 0 Å². The molecule has 0 spiro atoms. The van der Waals surface area contributed by atoms with Crippen molar-refractivity contribution >= 4 is 0 Å². The fraction of sp³-hybridized carbons (Fsp3) is 0.333. The van der Waals surface area contributed by atoms with Crippen molar-refractivity contribution in [2.75, 3.05) is 13.2 Å². The lowest BCUT2D eigenvalue weighted by Gasteiger charge is -2.29.